The first-order valence-corrected chi connectivity index (χ1v) is 6.86. The molecule has 6 heteroatoms. The van der Waals surface area contributed by atoms with Crippen LogP contribution in [0.1, 0.15) is 12.8 Å². The van der Waals surface area contributed by atoms with Crippen LogP contribution in [0.3, 0.4) is 0 Å². The van der Waals surface area contributed by atoms with E-state index in [2.05, 4.69) is 4.98 Å². The van der Waals surface area contributed by atoms with E-state index in [0.29, 0.717) is 11.3 Å². The van der Waals surface area contributed by atoms with Crippen LogP contribution in [0, 0.1) is 4.77 Å². The molecular formula is C11H12N2O2S2. The number of nitrogens with zero attached hydrogens (tertiary/aromatic N) is 1. The minimum atomic E-state index is -0.00532. The highest BCUT2D eigenvalue weighted by Crippen LogP contribution is 2.16. The van der Waals surface area contributed by atoms with Gasteiger partial charge in [0.2, 0.25) is 0 Å². The molecule has 2 aromatic rings. The van der Waals surface area contributed by atoms with Crippen molar-refractivity contribution in [3.05, 3.63) is 26.6 Å². The smallest absolute Gasteiger partial charge is 0.272 e. The van der Waals surface area contributed by atoms with Gasteiger partial charge in [0.15, 0.2) is 4.77 Å². The van der Waals surface area contributed by atoms with Gasteiger partial charge in [-0.2, -0.15) is 0 Å². The molecule has 90 valence electrons. The Morgan fingerprint density at radius 1 is 1.65 bits per heavy atom. The number of hydrogen-bond donors (Lipinski definition) is 1. The lowest BCUT2D eigenvalue weighted by atomic mass is 10.2. The highest BCUT2D eigenvalue weighted by atomic mass is 32.1. The second-order valence-corrected chi connectivity index (χ2v) is 5.45. The molecule has 0 amide bonds. The first-order chi connectivity index (χ1) is 8.25. The molecule has 0 saturated carbocycles. The van der Waals surface area contributed by atoms with E-state index in [0.717, 1.165) is 29.7 Å². The number of fused-ring (bicyclic) bond motifs is 1. The Morgan fingerprint density at radius 2 is 2.53 bits per heavy atom. The third-order valence-corrected chi connectivity index (χ3v) is 4.23. The molecule has 1 aliphatic rings. The maximum Gasteiger partial charge on any atom is 0.272 e. The maximum absolute atomic E-state index is 12.2. The van der Waals surface area contributed by atoms with Gasteiger partial charge in [-0.05, 0) is 36.5 Å². The highest BCUT2D eigenvalue weighted by Gasteiger charge is 2.18. The van der Waals surface area contributed by atoms with Crippen LogP contribution < -0.4 is 5.56 Å². The zero-order valence-corrected chi connectivity index (χ0v) is 10.8. The number of ether oxygens (including phenoxy) is 1. The number of aromatic nitrogens is 2. The predicted octanol–water partition coefficient (Wildman–Crippen LogP) is 2.30. The van der Waals surface area contributed by atoms with Crippen molar-refractivity contribution in [3.63, 3.8) is 0 Å². The molecule has 1 saturated heterocycles. The van der Waals surface area contributed by atoms with Gasteiger partial charge in [0.05, 0.1) is 18.2 Å². The Labute approximate surface area is 107 Å². The molecule has 0 radical (unpaired) electrons. The van der Waals surface area contributed by atoms with Gasteiger partial charge in [-0.25, -0.2) is 0 Å². The number of nitrogens with one attached hydrogen (secondary N) is 1. The summed E-state index contributed by atoms with van der Waals surface area (Å²) in [6.07, 6.45) is 2.20. The summed E-state index contributed by atoms with van der Waals surface area (Å²) in [5, 5.41) is 1.90. The van der Waals surface area contributed by atoms with E-state index < -0.39 is 0 Å². The van der Waals surface area contributed by atoms with Gasteiger partial charge in [0.1, 0.15) is 4.70 Å². The lowest BCUT2D eigenvalue weighted by Gasteiger charge is -2.11. The molecule has 0 aromatic carbocycles. The second-order valence-electron chi connectivity index (χ2n) is 4.14. The highest BCUT2D eigenvalue weighted by molar-refractivity contribution is 7.71. The van der Waals surface area contributed by atoms with Crippen molar-refractivity contribution in [3.8, 4) is 0 Å². The fourth-order valence-electron chi connectivity index (χ4n) is 2.13. The molecule has 1 atom stereocenters. The van der Waals surface area contributed by atoms with Gasteiger partial charge in [-0.15, -0.1) is 11.3 Å². The Balaban J connectivity index is 2.08. The van der Waals surface area contributed by atoms with E-state index in [4.69, 9.17) is 17.0 Å². The molecule has 3 heterocycles. The number of aromatic amines is 1. The largest absolute Gasteiger partial charge is 0.376 e. The summed E-state index contributed by atoms with van der Waals surface area (Å²) >= 11 is 6.67. The maximum atomic E-state index is 12.2. The molecular weight excluding hydrogens is 256 g/mol. The minimum absolute atomic E-state index is 0.00532. The second kappa shape index (κ2) is 4.36. The van der Waals surface area contributed by atoms with Crippen LogP contribution in [0.2, 0.25) is 0 Å². The molecule has 17 heavy (non-hydrogen) atoms. The van der Waals surface area contributed by atoms with Crippen LogP contribution in [-0.2, 0) is 11.3 Å². The molecule has 1 N–H and O–H groups in total. The molecule has 0 aliphatic carbocycles. The van der Waals surface area contributed by atoms with E-state index in [-0.39, 0.29) is 11.7 Å². The summed E-state index contributed by atoms with van der Waals surface area (Å²) in [6.45, 7) is 1.35. The van der Waals surface area contributed by atoms with Crippen molar-refractivity contribution < 1.29 is 4.74 Å². The standard InChI is InChI=1S/C11H12N2O2S2/c14-10-9-8(3-5-17-9)12-11(16)13(10)6-7-2-1-4-15-7/h3,5,7H,1-2,4,6H2,(H,12,16). The van der Waals surface area contributed by atoms with Crippen molar-refractivity contribution in [2.45, 2.75) is 25.5 Å². The van der Waals surface area contributed by atoms with E-state index >= 15 is 0 Å². The first kappa shape index (κ1) is 11.1. The topological polar surface area (TPSA) is 47.0 Å². The summed E-state index contributed by atoms with van der Waals surface area (Å²) in [7, 11) is 0. The lowest BCUT2D eigenvalue weighted by molar-refractivity contribution is 0.0957. The fraction of sp³-hybridized carbons (Fsp3) is 0.455. The van der Waals surface area contributed by atoms with Crippen LogP contribution in [0.4, 0.5) is 0 Å². The molecule has 4 nitrogen and oxygen atoms in total. The Hall–Kier alpha value is -0.980. The van der Waals surface area contributed by atoms with Gasteiger partial charge >= 0.3 is 0 Å². The lowest BCUT2D eigenvalue weighted by Crippen LogP contribution is -2.27. The average Bonchev–Trinajstić information content (AvgIpc) is 2.94. The molecule has 0 spiro atoms. The van der Waals surface area contributed by atoms with Crippen LogP contribution in [0.25, 0.3) is 10.2 Å². The van der Waals surface area contributed by atoms with E-state index in [1.54, 1.807) is 4.57 Å². The Morgan fingerprint density at radius 3 is 3.29 bits per heavy atom. The molecule has 3 rings (SSSR count). The predicted molar refractivity (Wildman–Crippen MR) is 70.2 cm³/mol. The number of hydrogen-bond acceptors (Lipinski definition) is 4. The van der Waals surface area contributed by atoms with Gasteiger partial charge in [-0.3, -0.25) is 9.36 Å². The van der Waals surface area contributed by atoms with Crippen LogP contribution in [0.15, 0.2) is 16.2 Å². The van der Waals surface area contributed by atoms with Crippen LogP contribution in [-0.4, -0.2) is 22.3 Å². The quantitative estimate of drug-likeness (QED) is 0.850. The van der Waals surface area contributed by atoms with Crippen molar-refractivity contribution >= 4 is 33.8 Å². The normalized spacial score (nSPS) is 20.1. The number of H-pyrrole nitrogens is 1. The Bertz CT molecular complexity index is 649. The van der Waals surface area contributed by atoms with Gasteiger partial charge in [0.25, 0.3) is 5.56 Å². The average molecular weight is 268 g/mol. The summed E-state index contributed by atoms with van der Waals surface area (Å²) in [5.41, 5.74) is 0.822. The van der Waals surface area contributed by atoms with Crippen molar-refractivity contribution in [2.75, 3.05) is 6.61 Å². The molecule has 2 aromatic heterocycles. The fourth-order valence-corrected chi connectivity index (χ4v) is 3.19. The third-order valence-electron chi connectivity index (χ3n) is 3.00. The van der Waals surface area contributed by atoms with Gasteiger partial charge < -0.3 is 9.72 Å². The van der Waals surface area contributed by atoms with Crippen LogP contribution in [0.5, 0.6) is 0 Å². The third kappa shape index (κ3) is 1.96. The molecule has 0 bridgehead atoms. The minimum Gasteiger partial charge on any atom is -0.376 e. The SMILES string of the molecule is O=c1c2sccc2[nH]c(=S)n1CC1CCCO1. The molecule has 1 aliphatic heterocycles. The molecule has 1 fully saturated rings. The zero-order chi connectivity index (χ0) is 11.8. The number of thiophene rings is 1. The van der Waals surface area contributed by atoms with E-state index in [1.165, 1.54) is 11.3 Å². The van der Waals surface area contributed by atoms with Gasteiger partial charge in [-0.1, -0.05) is 0 Å². The number of rotatable bonds is 2. The van der Waals surface area contributed by atoms with Crippen LogP contribution >= 0.6 is 23.6 Å². The van der Waals surface area contributed by atoms with Crippen molar-refractivity contribution in [1.82, 2.24) is 9.55 Å². The zero-order valence-electron chi connectivity index (χ0n) is 9.14. The van der Waals surface area contributed by atoms with Gasteiger partial charge in [0, 0.05) is 6.61 Å². The Kier molecular flexibility index (Phi) is 2.85. The van der Waals surface area contributed by atoms with E-state index in [1.807, 2.05) is 11.4 Å². The van der Waals surface area contributed by atoms with Crippen molar-refractivity contribution in [1.29, 1.82) is 0 Å². The molecule has 1 unspecified atom stereocenters. The summed E-state index contributed by atoms with van der Waals surface area (Å²) in [4.78, 5) is 15.3. The van der Waals surface area contributed by atoms with E-state index in [9.17, 15) is 4.79 Å². The van der Waals surface area contributed by atoms with Crippen molar-refractivity contribution in [2.24, 2.45) is 0 Å². The summed E-state index contributed by atoms with van der Waals surface area (Å²) < 4.78 is 8.37. The first-order valence-electron chi connectivity index (χ1n) is 5.57. The summed E-state index contributed by atoms with van der Waals surface area (Å²) in [5.74, 6) is 0. The summed E-state index contributed by atoms with van der Waals surface area (Å²) in [6, 6.07) is 1.88. The monoisotopic (exact) mass is 268 g/mol.